The molecule has 0 N–H and O–H groups in total. The molecule has 0 bridgehead atoms. The van der Waals surface area contributed by atoms with Gasteiger partial charge in [-0.2, -0.15) is 9.78 Å². The second kappa shape index (κ2) is 9.22. The van der Waals surface area contributed by atoms with Crippen molar-refractivity contribution >= 4 is 11.6 Å². The van der Waals surface area contributed by atoms with Gasteiger partial charge in [0.05, 0.1) is 25.6 Å². The number of rotatable bonds is 7. The number of hydrogen-bond acceptors (Lipinski definition) is 5. The van der Waals surface area contributed by atoms with Gasteiger partial charge in [-0.15, -0.1) is 0 Å². The van der Waals surface area contributed by atoms with Gasteiger partial charge in [-0.1, -0.05) is 32.4 Å². The molecule has 0 atom stereocenters. The van der Waals surface area contributed by atoms with E-state index in [1.807, 2.05) is 0 Å². The molecule has 0 aliphatic rings. The zero-order chi connectivity index (χ0) is 21.7. The Hall–Kier alpha value is -2.99. The first-order valence-electron chi connectivity index (χ1n) is 9.53. The fraction of sp³-hybridized carbons (Fsp3) is 0.304. The van der Waals surface area contributed by atoms with Crippen LogP contribution in [-0.4, -0.2) is 23.5 Å². The molecule has 0 saturated heterocycles. The maximum atomic E-state index is 12.6. The Bertz CT molecular complexity index is 1060. The fourth-order valence-electron chi connectivity index (χ4n) is 2.62. The van der Waals surface area contributed by atoms with Crippen LogP contribution in [0.15, 0.2) is 59.5 Å². The van der Waals surface area contributed by atoms with E-state index in [0.717, 1.165) is 0 Å². The van der Waals surface area contributed by atoms with Gasteiger partial charge in [0.15, 0.2) is 11.5 Å². The summed E-state index contributed by atoms with van der Waals surface area (Å²) < 4.78 is 18.3. The molecule has 0 fully saturated rings. The van der Waals surface area contributed by atoms with Crippen LogP contribution >= 0.6 is 11.6 Å². The molecule has 6 nitrogen and oxygen atoms in total. The van der Waals surface area contributed by atoms with Crippen LogP contribution in [-0.2, 0) is 6.61 Å². The molecule has 0 radical (unpaired) electrons. The van der Waals surface area contributed by atoms with E-state index in [1.54, 1.807) is 55.8 Å². The standard InChI is InChI=1S/C23H25ClN2O4/c1-23(2,3)15-30-20-10-7-18(12-21(20)28-4)26-22(27)11-16(13-25-26)14-29-19-8-5-17(24)6-9-19/h5-13H,14-15H2,1-4H3. The number of aromatic nitrogens is 2. The molecule has 0 saturated carbocycles. The fourth-order valence-corrected chi connectivity index (χ4v) is 2.74. The van der Waals surface area contributed by atoms with Crippen LogP contribution in [0.25, 0.3) is 5.69 Å². The predicted molar refractivity (Wildman–Crippen MR) is 117 cm³/mol. The molecule has 1 heterocycles. The predicted octanol–water partition coefficient (Wildman–Crippen LogP) is 4.90. The molecule has 7 heteroatoms. The number of nitrogens with zero attached hydrogens (tertiary/aromatic N) is 2. The molecular weight excluding hydrogens is 404 g/mol. The van der Waals surface area contributed by atoms with E-state index < -0.39 is 0 Å². The zero-order valence-corrected chi connectivity index (χ0v) is 18.3. The molecule has 3 rings (SSSR count). The molecule has 30 heavy (non-hydrogen) atoms. The largest absolute Gasteiger partial charge is 0.493 e. The molecular formula is C23H25ClN2O4. The van der Waals surface area contributed by atoms with Crippen molar-refractivity contribution in [2.75, 3.05) is 13.7 Å². The third-order valence-corrected chi connectivity index (χ3v) is 4.38. The lowest BCUT2D eigenvalue weighted by atomic mass is 9.99. The van der Waals surface area contributed by atoms with Crippen molar-refractivity contribution in [1.29, 1.82) is 0 Å². The first-order valence-corrected chi connectivity index (χ1v) is 9.91. The van der Waals surface area contributed by atoms with Crippen molar-refractivity contribution in [3.63, 3.8) is 0 Å². The lowest BCUT2D eigenvalue weighted by Gasteiger charge is -2.20. The van der Waals surface area contributed by atoms with E-state index >= 15 is 0 Å². The molecule has 3 aromatic rings. The van der Waals surface area contributed by atoms with Crippen molar-refractivity contribution in [3.8, 4) is 22.9 Å². The highest BCUT2D eigenvalue weighted by molar-refractivity contribution is 6.30. The molecule has 2 aromatic carbocycles. The van der Waals surface area contributed by atoms with Gasteiger partial charge in [0.1, 0.15) is 12.4 Å². The maximum Gasteiger partial charge on any atom is 0.271 e. The summed E-state index contributed by atoms with van der Waals surface area (Å²) in [5.41, 5.74) is 1.01. The molecule has 0 aliphatic carbocycles. The topological polar surface area (TPSA) is 62.6 Å². The van der Waals surface area contributed by atoms with Crippen LogP contribution in [0.5, 0.6) is 17.2 Å². The van der Waals surface area contributed by atoms with Gasteiger partial charge in [0, 0.05) is 22.7 Å². The van der Waals surface area contributed by atoms with Crippen LogP contribution in [0.4, 0.5) is 0 Å². The zero-order valence-electron chi connectivity index (χ0n) is 17.5. The average molecular weight is 429 g/mol. The lowest BCUT2D eigenvalue weighted by molar-refractivity contribution is 0.191. The third-order valence-electron chi connectivity index (χ3n) is 4.13. The highest BCUT2D eigenvalue weighted by Crippen LogP contribution is 2.30. The first kappa shape index (κ1) is 21.7. The molecule has 0 spiro atoms. The van der Waals surface area contributed by atoms with E-state index in [4.69, 9.17) is 25.8 Å². The number of ether oxygens (including phenoxy) is 3. The number of halogens is 1. The van der Waals surface area contributed by atoms with E-state index in [9.17, 15) is 4.79 Å². The van der Waals surface area contributed by atoms with Crippen molar-refractivity contribution in [1.82, 2.24) is 9.78 Å². The summed E-state index contributed by atoms with van der Waals surface area (Å²) >= 11 is 5.87. The number of hydrogen-bond donors (Lipinski definition) is 0. The molecule has 0 aliphatic heterocycles. The Morgan fingerprint density at radius 2 is 1.73 bits per heavy atom. The number of methoxy groups -OCH3 is 1. The monoisotopic (exact) mass is 428 g/mol. The summed E-state index contributed by atoms with van der Waals surface area (Å²) in [5, 5.41) is 4.91. The highest BCUT2D eigenvalue weighted by Gasteiger charge is 2.14. The summed E-state index contributed by atoms with van der Waals surface area (Å²) in [6.45, 7) is 7.05. The van der Waals surface area contributed by atoms with Gasteiger partial charge < -0.3 is 14.2 Å². The molecule has 0 unspecified atom stereocenters. The lowest BCUT2D eigenvalue weighted by Crippen LogP contribution is -2.21. The summed E-state index contributed by atoms with van der Waals surface area (Å²) in [4.78, 5) is 12.6. The summed E-state index contributed by atoms with van der Waals surface area (Å²) in [5.74, 6) is 1.83. The maximum absolute atomic E-state index is 12.6. The van der Waals surface area contributed by atoms with Gasteiger partial charge in [-0.05, 0) is 41.8 Å². The van der Waals surface area contributed by atoms with Crippen LogP contribution in [0, 0.1) is 5.41 Å². The van der Waals surface area contributed by atoms with Crippen LogP contribution in [0.1, 0.15) is 26.3 Å². The van der Waals surface area contributed by atoms with Gasteiger partial charge >= 0.3 is 0 Å². The third kappa shape index (κ3) is 5.76. The summed E-state index contributed by atoms with van der Waals surface area (Å²) in [6.07, 6.45) is 1.60. The van der Waals surface area contributed by atoms with Crippen molar-refractivity contribution in [2.24, 2.45) is 5.41 Å². The minimum absolute atomic E-state index is 0.0199. The van der Waals surface area contributed by atoms with E-state index in [2.05, 4.69) is 25.9 Å². The van der Waals surface area contributed by atoms with Crippen LogP contribution in [0.2, 0.25) is 5.02 Å². The molecule has 0 amide bonds. The van der Waals surface area contributed by atoms with Gasteiger partial charge in [0.25, 0.3) is 5.56 Å². The van der Waals surface area contributed by atoms with Gasteiger partial charge in [-0.25, -0.2) is 0 Å². The van der Waals surface area contributed by atoms with E-state index in [0.29, 0.717) is 40.1 Å². The molecule has 158 valence electrons. The smallest absolute Gasteiger partial charge is 0.271 e. The highest BCUT2D eigenvalue weighted by atomic mass is 35.5. The first-order chi connectivity index (χ1) is 14.2. The van der Waals surface area contributed by atoms with Crippen molar-refractivity contribution in [3.05, 3.63) is 75.7 Å². The summed E-state index contributed by atoms with van der Waals surface area (Å²) in [7, 11) is 1.57. The average Bonchev–Trinajstić information content (AvgIpc) is 2.71. The Kier molecular flexibility index (Phi) is 6.67. The minimum Gasteiger partial charge on any atom is -0.493 e. The van der Waals surface area contributed by atoms with Crippen molar-refractivity contribution < 1.29 is 14.2 Å². The Morgan fingerprint density at radius 3 is 2.37 bits per heavy atom. The minimum atomic E-state index is -0.266. The number of benzene rings is 2. The second-order valence-electron chi connectivity index (χ2n) is 8.04. The van der Waals surface area contributed by atoms with Crippen LogP contribution in [0.3, 0.4) is 0 Å². The Labute approximate surface area is 181 Å². The Morgan fingerprint density at radius 1 is 1.00 bits per heavy atom. The normalized spacial score (nSPS) is 11.2. The molecule has 1 aromatic heterocycles. The van der Waals surface area contributed by atoms with E-state index in [1.165, 1.54) is 10.7 Å². The second-order valence-corrected chi connectivity index (χ2v) is 8.48. The van der Waals surface area contributed by atoms with Crippen molar-refractivity contribution in [2.45, 2.75) is 27.4 Å². The quantitative estimate of drug-likeness (QED) is 0.535. The SMILES string of the molecule is COc1cc(-n2ncc(COc3ccc(Cl)cc3)cc2=O)ccc1OCC(C)(C)C. The van der Waals surface area contributed by atoms with Gasteiger partial charge in [0.2, 0.25) is 0 Å². The van der Waals surface area contributed by atoms with Gasteiger partial charge in [-0.3, -0.25) is 4.79 Å². The summed E-state index contributed by atoms with van der Waals surface area (Å²) in [6, 6.07) is 13.8. The van der Waals surface area contributed by atoms with Crippen LogP contribution < -0.4 is 19.8 Å². The Balaban J connectivity index is 1.75. The van der Waals surface area contributed by atoms with E-state index in [-0.39, 0.29) is 17.6 Å².